The van der Waals surface area contributed by atoms with Crippen LogP contribution in [0, 0.1) is 0 Å². The normalized spacial score (nSPS) is 20.8. The standard InChI is InChI=1S/C19H27NO5/c1-22-17-8-4-6-15-12-20(9-5-11-25-19(15)17)18(21)14-23-13-16-7-2-3-10-24-16/h4,6,8,16H,2-3,5,7,9-14H2,1H3/t16-/m1/s1. The number of para-hydroxylation sites is 1. The lowest BCUT2D eigenvalue weighted by Crippen LogP contribution is -2.37. The molecule has 0 radical (unpaired) electrons. The molecular formula is C19H27NO5. The van der Waals surface area contributed by atoms with Crippen LogP contribution in [0.25, 0.3) is 0 Å². The van der Waals surface area contributed by atoms with E-state index >= 15 is 0 Å². The van der Waals surface area contributed by atoms with Crippen LogP contribution >= 0.6 is 0 Å². The van der Waals surface area contributed by atoms with Crippen molar-refractivity contribution >= 4 is 5.91 Å². The molecule has 2 heterocycles. The number of hydrogen-bond acceptors (Lipinski definition) is 5. The lowest BCUT2D eigenvalue weighted by molar-refractivity contribution is -0.139. The summed E-state index contributed by atoms with van der Waals surface area (Å²) >= 11 is 0. The van der Waals surface area contributed by atoms with Gasteiger partial charge in [-0.25, -0.2) is 0 Å². The summed E-state index contributed by atoms with van der Waals surface area (Å²) in [5.41, 5.74) is 0.961. The van der Waals surface area contributed by atoms with Gasteiger partial charge in [-0.15, -0.1) is 0 Å². The number of ether oxygens (including phenoxy) is 4. The van der Waals surface area contributed by atoms with Gasteiger partial charge in [0.25, 0.3) is 0 Å². The minimum Gasteiger partial charge on any atom is -0.493 e. The zero-order valence-corrected chi connectivity index (χ0v) is 14.9. The Hall–Kier alpha value is -1.79. The van der Waals surface area contributed by atoms with Crippen molar-refractivity contribution in [2.75, 3.05) is 40.1 Å². The summed E-state index contributed by atoms with van der Waals surface area (Å²) in [6, 6.07) is 5.77. The van der Waals surface area contributed by atoms with Gasteiger partial charge in [0.2, 0.25) is 5.91 Å². The number of carbonyl (C=O) groups is 1. The second kappa shape index (κ2) is 9.06. The maximum absolute atomic E-state index is 12.6. The highest BCUT2D eigenvalue weighted by molar-refractivity contribution is 5.77. The summed E-state index contributed by atoms with van der Waals surface area (Å²) in [6.07, 6.45) is 4.23. The van der Waals surface area contributed by atoms with Gasteiger partial charge in [0, 0.05) is 25.3 Å². The molecule has 2 aliphatic rings. The summed E-state index contributed by atoms with van der Waals surface area (Å²) in [7, 11) is 1.63. The molecule has 2 aliphatic heterocycles. The highest BCUT2D eigenvalue weighted by Crippen LogP contribution is 2.33. The Labute approximate surface area is 149 Å². The molecule has 1 saturated heterocycles. The molecular weight excluding hydrogens is 322 g/mol. The Bertz CT molecular complexity index is 571. The zero-order valence-electron chi connectivity index (χ0n) is 14.9. The van der Waals surface area contributed by atoms with E-state index in [1.165, 1.54) is 6.42 Å². The van der Waals surface area contributed by atoms with Gasteiger partial charge >= 0.3 is 0 Å². The second-order valence-corrected chi connectivity index (χ2v) is 6.47. The lowest BCUT2D eigenvalue weighted by Gasteiger charge is -2.28. The first-order valence-corrected chi connectivity index (χ1v) is 9.03. The van der Waals surface area contributed by atoms with E-state index in [0.29, 0.717) is 32.1 Å². The third-order valence-electron chi connectivity index (χ3n) is 4.62. The molecule has 1 aromatic rings. The summed E-state index contributed by atoms with van der Waals surface area (Å²) < 4.78 is 22.5. The molecule has 138 valence electrons. The van der Waals surface area contributed by atoms with E-state index in [9.17, 15) is 4.79 Å². The minimum absolute atomic E-state index is 0.00600. The minimum atomic E-state index is 0.00600. The van der Waals surface area contributed by atoms with Crippen LogP contribution in [-0.2, 0) is 20.8 Å². The van der Waals surface area contributed by atoms with Crippen LogP contribution in [0.2, 0.25) is 0 Å². The smallest absolute Gasteiger partial charge is 0.248 e. The number of nitrogens with zero attached hydrogens (tertiary/aromatic N) is 1. The summed E-state index contributed by atoms with van der Waals surface area (Å²) in [4.78, 5) is 14.4. The quantitative estimate of drug-likeness (QED) is 0.817. The van der Waals surface area contributed by atoms with E-state index in [-0.39, 0.29) is 18.6 Å². The van der Waals surface area contributed by atoms with Crippen molar-refractivity contribution < 1.29 is 23.7 Å². The zero-order chi connectivity index (χ0) is 17.5. The SMILES string of the molecule is COc1cccc2c1OCCCN(C(=O)COC[C@H]1CCCCO1)C2. The average Bonchev–Trinajstić information content (AvgIpc) is 2.62. The third kappa shape index (κ3) is 4.86. The second-order valence-electron chi connectivity index (χ2n) is 6.47. The average molecular weight is 349 g/mol. The van der Waals surface area contributed by atoms with Gasteiger partial charge in [0.1, 0.15) is 6.61 Å². The van der Waals surface area contributed by atoms with E-state index in [2.05, 4.69) is 0 Å². The third-order valence-corrected chi connectivity index (χ3v) is 4.62. The highest BCUT2D eigenvalue weighted by Gasteiger charge is 2.21. The van der Waals surface area contributed by atoms with Gasteiger partial charge in [0.15, 0.2) is 11.5 Å². The molecule has 25 heavy (non-hydrogen) atoms. The first-order chi connectivity index (χ1) is 12.3. The number of methoxy groups -OCH3 is 1. The van der Waals surface area contributed by atoms with Crippen LogP contribution in [0.4, 0.5) is 0 Å². The van der Waals surface area contributed by atoms with Crippen LogP contribution in [0.3, 0.4) is 0 Å². The van der Waals surface area contributed by atoms with E-state index < -0.39 is 0 Å². The number of carbonyl (C=O) groups excluding carboxylic acids is 1. The highest BCUT2D eigenvalue weighted by atomic mass is 16.5. The van der Waals surface area contributed by atoms with Crippen LogP contribution in [0.1, 0.15) is 31.2 Å². The fraction of sp³-hybridized carbons (Fsp3) is 0.632. The molecule has 1 atom stereocenters. The Kier molecular flexibility index (Phi) is 6.53. The van der Waals surface area contributed by atoms with Crippen molar-refractivity contribution in [2.24, 2.45) is 0 Å². The molecule has 6 nitrogen and oxygen atoms in total. The molecule has 0 bridgehead atoms. The van der Waals surface area contributed by atoms with Gasteiger partial charge in [0.05, 0.1) is 26.4 Å². The topological polar surface area (TPSA) is 57.2 Å². The molecule has 6 heteroatoms. The van der Waals surface area contributed by atoms with E-state index in [1.54, 1.807) is 7.11 Å². The van der Waals surface area contributed by atoms with E-state index in [0.717, 1.165) is 37.2 Å². The summed E-state index contributed by atoms with van der Waals surface area (Å²) in [6.45, 7) is 3.13. The Morgan fingerprint density at radius 2 is 2.20 bits per heavy atom. The van der Waals surface area contributed by atoms with Gasteiger partial charge in [-0.2, -0.15) is 0 Å². The number of rotatable bonds is 5. The van der Waals surface area contributed by atoms with Crippen LogP contribution < -0.4 is 9.47 Å². The van der Waals surface area contributed by atoms with Gasteiger partial charge < -0.3 is 23.8 Å². The predicted molar refractivity (Wildman–Crippen MR) is 92.9 cm³/mol. The van der Waals surface area contributed by atoms with Gasteiger partial charge in [-0.1, -0.05) is 12.1 Å². The van der Waals surface area contributed by atoms with Crippen molar-refractivity contribution in [3.05, 3.63) is 23.8 Å². The lowest BCUT2D eigenvalue weighted by atomic mass is 10.1. The Balaban J connectivity index is 1.56. The molecule has 0 unspecified atom stereocenters. The van der Waals surface area contributed by atoms with Crippen molar-refractivity contribution in [1.82, 2.24) is 4.90 Å². The maximum atomic E-state index is 12.6. The van der Waals surface area contributed by atoms with Crippen molar-refractivity contribution in [1.29, 1.82) is 0 Å². The molecule has 0 saturated carbocycles. The first kappa shape index (κ1) is 18.0. The number of benzene rings is 1. The molecule has 0 spiro atoms. The molecule has 3 rings (SSSR count). The predicted octanol–water partition coefficient (Wildman–Crippen LogP) is 2.39. The molecule has 1 fully saturated rings. The van der Waals surface area contributed by atoms with Crippen molar-refractivity contribution in [2.45, 2.75) is 38.3 Å². The van der Waals surface area contributed by atoms with Crippen LogP contribution in [-0.4, -0.2) is 57.0 Å². The first-order valence-electron chi connectivity index (χ1n) is 9.03. The summed E-state index contributed by atoms with van der Waals surface area (Å²) in [5.74, 6) is 1.45. The fourth-order valence-electron chi connectivity index (χ4n) is 3.25. The van der Waals surface area contributed by atoms with Gasteiger partial charge in [-0.3, -0.25) is 4.79 Å². The van der Waals surface area contributed by atoms with Crippen molar-refractivity contribution in [3.8, 4) is 11.5 Å². The molecule has 0 aliphatic carbocycles. The molecule has 1 amide bonds. The largest absolute Gasteiger partial charge is 0.493 e. The Morgan fingerprint density at radius 1 is 1.28 bits per heavy atom. The van der Waals surface area contributed by atoms with Crippen LogP contribution in [0.15, 0.2) is 18.2 Å². The van der Waals surface area contributed by atoms with E-state index in [4.69, 9.17) is 18.9 Å². The monoisotopic (exact) mass is 349 g/mol. The summed E-state index contributed by atoms with van der Waals surface area (Å²) in [5, 5.41) is 0. The van der Waals surface area contributed by atoms with Gasteiger partial charge in [-0.05, 0) is 31.7 Å². The fourth-order valence-corrected chi connectivity index (χ4v) is 3.25. The van der Waals surface area contributed by atoms with Crippen LogP contribution in [0.5, 0.6) is 11.5 Å². The maximum Gasteiger partial charge on any atom is 0.248 e. The molecule has 0 N–H and O–H groups in total. The molecule has 1 aromatic carbocycles. The van der Waals surface area contributed by atoms with E-state index in [1.807, 2.05) is 23.1 Å². The number of hydrogen-bond donors (Lipinski definition) is 0. The van der Waals surface area contributed by atoms with Crippen molar-refractivity contribution in [3.63, 3.8) is 0 Å². The Morgan fingerprint density at radius 3 is 3.00 bits per heavy atom. The molecule has 0 aromatic heterocycles. The number of fused-ring (bicyclic) bond motifs is 1. The number of amides is 1.